The molecule has 1 saturated heterocycles. The average molecular weight is 136 g/mol. The molecule has 1 aliphatic rings. The zero-order valence-electron chi connectivity index (χ0n) is 4.19. The smallest absolute Gasteiger partial charge is 0.407 e. The first-order chi connectivity index (χ1) is 3.79. The highest BCUT2D eigenvalue weighted by Crippen LogP contribution is 1.99. The summed E-state index contributed by atoms with van der Waals surface area (Å²) in [5.41, 5.74) is 0. The lowest BCUT2D eigenvalue weighted by Crippen LogP contribution is -2.39. The largest absolute Gasteiger partial charge is 0.448 e. The SMILES string of the molecule is O=C1NCC(Cl)CO1. The summed E-state index contributed by atoms with van der Waals surface area (Å²) in [7, 11) is 0. The average Bonchev–Trinajstić information content (AvgIpc) is 1.77. The van der Waals surface area contributed by atoms with Crippen molar-refractivity contribution in [1.29, 1.82) is 0 Å². The maximum atomic E-state index is 10.2. The van der Waals surface area contributed by atoms with Gasteiger partial charge in [-0.1, -0.05) is 0 Å². The fourth-order valence-corrected chi connectivity index (χ4v) is 0.610. The Hall–Kier alpha value is -0.440. The van der Waals surface area contributed by atoms with Crippen molar-refractivity contribution in [2.75, 3.05) is 13.2 Å². The molecule has 46 valence electrons. The molecule has 1 fully saturated rings. The number of rotatable bonds is 0. The Morgan fingerprint density at radius 2 is 2.62 bits per heavy atom. The number of nitrogens with one attached hydrogen (secondary N) is 1. The van der Waals surface area contributed by atoms with Crippen molar-refractivity contribution in [3.8, 4) is 0 Å². The molecule has 0 saturated carbocycles. The van der Waals surface area contributed by atoms with Crippen LogP contribution in [-0.4, -0.2) is 24.6 Å². The van der Waals surface area contributed by atoms with E-state index in [9.17, 15) is 4.79 Å². The van der Waals surface area contributed by atoms with Crippen molar-refractivity contribution in [1.82, 2.24) is 5.32 Å². The molecular weight excluding hydrogens is 130 g/mol. The van der Waals surface area contributed by atoms with Gasteiger partial charge in [-0.15, -0.1) is 11.6 Å². The molecular formula is C4H6ClNO2. The highest BCUT2D eigenvalue weighted by molar-refractivity contribution is 6.21. The number of carbonyl (C=O) groups is 1. The first-order valence-corrected chi connectivity index (χ1v) is 2.77. The van der Waals surface area contributed by atoms with Crippen LogP contribution in [-0.2, 0) is 4.74 Å². The van der Waals surface area contributed by atoms with Gasteiger partial charge in [0.1, 0.15) is 6.61 Å². The van der Waals surface area contributed by atoms with Gasteiger partial charge in [-0.25, -0.2) is 4.79 Å². The van der Waals surface area contributed by atoms with Crippen LogP contribution in [0.5, 0.6) is 0 Å². The Morgan fingerprint density at radius 3 is 3.00 bits per heavy atom. The fourth-order valence-electron chi connectivity index (χ4n) is 0.470. The van der Waals surface area contributed by atoms with Crippen molar-refractivity contribution in [2.24, 2.45) is 0 Å². The van der Waals surface area contributed by atoms with Crippen LogP contribution in [0.25, 0.3) is 0 Å². The van der Waals surface area contributed by atoms with Gasteiger partial charge < -0.3 is 10.1 Å². The minimum Gasteiger partial charge on any atom is -0.448 e. The molecule has 0 aromatic carbocycles. The first-order valence-electron chi connectivity index (χ1n) is 2.34. The lowest BCUT2D eigenvalue weighted by atomic mass is 10.4. The van der Waals surface area contributed by atoms with E-state index in [1.165, 1.54) is 0 Å². The normalized spacial score (nSPS) is 28.6. The van der Waals surface area contributed by atoms with Crippen LogP contribution in [0.15, 0.2) is 0 Å². The van der Waals surface area contributed by atoms with Gasteiger partial charge in [0.2, 0.25) is 0 Å². The zero-order valence-corrected chi connectivity index (χ0v) is 4.94. The molecule has 1 N–H and O–H groups in total. The standard InChI is InChI=1S/C4H6ClNO2/c5-3-1-6-4(7)8-2-3/h3H,1-2H2,(H,6,7). The van der Waals surface area contributed by atoms with Crippen molar-refractivity contribution in [3.63, 3.8) is 0 Å². The van der Waals surface area contributed by atoms with E-state index in [0.29, 0.717) is 13.2 Å². The van der Waals surface area contributed by atoms with E-state index >= 15 is 0 Å². The van der Waals surface area contributed by atoms with E-state index in [-0.39, 0.29) is 11.5 Å². The molecule has 1 unspecified atom stereocenters. The van der Waals surface area contributed by atoms with Gasteiger partial charge in [-0.2, -0.15) is 0 Å². The molecule has 8 heavy (non-hydrogen) atoms. The Kier molecular flexibility index (Phi) is 1.58. The Bertz CT molecular complexity index is 96.2. The number of cyclic esters (lactones) is 1. The molecule has 3 nitrogen and oxygen atoms in total. The molecule has 0 aromatic rings. The van der Waals surface area contributed by atoms with Gasteiger partial charge in [0, 0.05) is 6.54 Å². The molecule has 0 radical (unpaired) electrons. The van der Waals surface area contributed by atoms with E-state index in [4.69, 9.17) is 11.6 Å². The third-order valence-electron chi connectivity index (χ3n) is 0.863. The van der Waals surface area contributed by atoms with E-state index in [1.54, 1.807) is 0 Å². The summed E-state index contributed by atoms with van der Waals surface area (Å²) in [6, 6.07) is 0. The van der Waals surface area contributed by atoms with Crippen LogP contribution >= 0.6 is 11.6 Å². The van der Waals surface area contributed by atoms with Crippen LogP contribution in [0, 0.1) is 0 Å². The van der Waals surface area contributed by atoms with E-state index < -0.39 is 0 Å². The van der Waals surface area contributed by atoms with Gasteiger partial charge in [0.05, 0.1) is 5.38 Å². The molecule has 0 aromatic heterocycles. The highest BCUT2D eigenvalue weighted by atomic mass is 35.5. The maximum absolute atomic E-state index is 10.2. The third kappa shape index (κ3) is 1.26. The van der Waals surface area contributed by atoms with Gasteiger partial charge in [0.15, 0.2) is 0 Å². The van der Waals surface area contributed by atoms with Crippen molar-refractivity contribution < 1.29 is 9.53 Å². The number of hydrogen-bond acceptors (Lipinski definition) is 2. The van der Waals surface area contributed by atoms with Gasteiger partial charge >= 0.3 is 6.09 Å². The molecule has 1 atom stereocenters. The second-order valence-electron chi connectivity index (χ2n) is 1.58. The van der Waals surface area contributed by atoms with E-state index in [0.717, 1.165) is 0 Å². The Morgan fingerprint density at radius 1 is 1.88 bits per heavy atom. The molecule has 1 heterocycles. The van der Waals surface area contributed by atoms with E-state index in [2.05, 4.69) is 10.1 Å². The predicted octanol–water partition coefficient (Wildman–Crippen LogP) is 0.334. The van der Waals surface area contributed by atoms with Crippen LogP contribution in [0.2, 0.25) is 0 Å². The van der Waals surface area contributed by atoms with Crippen molar-refractivity contribution >= 4 is 17.7 Å². The number of alkyl carbamates (subject to hydrolysis) is 1. The van der Waals surface area contributed by atoms with Crippen LogP contribution in [0.4, 0.5) is 4.79 Å². The quantitative estimate of drug-likeness (QED) is 0.487. The summed E-state index contributed by atoms with van der Waals surface area (Å²) in [4.78, 5) is 10.2. The first kappa shape index (κ1) is 5.69. The fraction of sp³-hybridized carbons (Fsp3) is 0.750. The molecule has 0 aliphatic carbocycles. The summed E-state index contributed by atoms with van der Waals surface area (Å²) in [5, 5.41) is 2.38. The van der Waals surface area contributed by atoms with Crippen LogP contribution < -0.4 is 5.32 Å². The minimum absolute atomic E-state index is 0.0623. The topological polar surface area (TPSA) is 38.3 Å². The monoisotopic (exact) mass is 135 g/mol. The summed E-state index contributed by atoms with van der Waals surface area (Å²) in [5.74, 6) is 0. The van der Waals surface area contributed by atoms with Gasteiger partial charge in [0.25, 0.3) is 0 Å². The second-order valence-corrected chi connectivity index (χ2v) is 2.19. The summed E-state index contributed by atoms with van der Waals surface area (Å²) in [6.07, 6.45) is -0.373. The zero-order chi connectivity index (χ0) is 5.98. The molecule has 0 bridgehead atoms. The third-order valence-corrected chi connectivity index (χ3v) is 1.14. The molecule has 1 amide bonds. The second kappa shape index (κ2) is 2.22. The maximum Gasteiger partial charge on any atom is 0.407 e. The van der Waals surface area contributed by atoms with Crippen LogP contribution in [0.1, 0.15) is 0 Å². The van der Waals surface area contributed by atoms with Gasteiger partial charge in [-0.3, -0.25) is 0 Å². The number of alkyl halides is 1. The van der Waals surface area contributed by atoms with E-state index in [1.807, 2.05) is 0 Å². The summed E-state index contributed by atoms with van der Waals surface area (Å²) in [6.45, 7) is 0.841. The number of halogens is 1. The lowest BCUT2D eigenvalue weighted by Gasteiger charge is -2.16. The molecule has 0 spiro atoms. The summed E-state index contributed by atoms with van der Waals surface area (Å²) < 4.78 is 4.51. The molecule has 1 rings (SSSR count). The number of hydrogen-bond donors (Lipinski definition) is 1. The highest BCUT2D eigenvalue weighted by Gasteiger charge is 2.15. The lowest BCUT2D eigenvalue weighted by molar-refractivity contribution is 0.131. The molecule has 1 aliphatic heterocycles. The molecule has 4 heteroatoms. The number of amides is 1. The summed E-state index contributed by atoms with van der Waals surface area (Å²) >= 11 is 5.54. The minimum atomic E-state index is -0.373. The number of carbonyl (C=O) groups excluding carboxylic acids is 1. The number of ether oxygens (including phenoxy) is 1. The van der Waals surface area contributed by atoms with Crippen molar-refractivity contribution in [2.45, 2.75) is 5.38 Å². The van der Waals surface area contributed by atoms with Crippen LogP contribution in [0.3, 0.4) is 0 Å². The Labute approximate surface area is 52.0 Å². The predicted molar refractivity (Wildman–Crippen MR) is 29.0 cm³/mol. The Balaban J connectivity index is 2.29. The van der Waals surface area contributed by atoms with Crippen molar-refractivity contribution in [3.05, 3.63) is 0 Å². The van der Waals surface area contributed by atoms with Gasteiger partial charge in [-0.05, 0) is 0 Å².